The summed E-state index contributed by atoms with van der Waals surface area (Å²) in [7, 11) is 0. The lowest BCUT2D eigenvalue weighted by Gasteiger charge is -2.33. The molecule has 0 fully saturated rings. The van der Waals surface area contributed by atoms with Crippen LogP contribution in [-0.4, -0.2) is 34.7 Å². The van der Waals surface area contributed by atoms with Crippen LogP contribution in [0.5, 0.6) is 0 Å². The molecule has 0 aliphatic heterocycles. The fourth-order valence-corrected chi connectivity index (χ4v) is 3.83. The lowest BCUT2D eigenvalue weighted by molar-refractivity contribution is -0.141. The molecule has 1 atom stereocenters. The minimum absolute atomic E-state index is 0.0812. The molecule has 0 aliphatic carbocycles. The monoisotopic (exact) mass is 453 g/mol. The van der Waals surface area contributed by atoms with Crippen molar-refractivity contribution >= 4 is 29.1 Å². The number of carbonyl (C=O) groups is 3. The summed E-state index contributed by atoms with van der Waals surface area (Å²) >= 11 is 1.29. The lowest BCUT2D eigenvalue weighted by Crippen LogP contribution is -2.50. The van der Waals surface area contributed by atoms with Crippen molar-refractivity contribution in [2.75, 3.05) is 6.54 Å². The predicted octanol–water partition coefficient (Wildman–Crippen LogP) is 3.76. The second kappa shape index (κ2) is 10.3. The smallest absolute Gasteiger partial charge is 0.261 e. The van der Waals surface area contributed by atoms with Crippen LogP contribution in [0.15, 0.2) is 70.7 Å². The zero-order valence-electron chi connectivity index (χ0n) is 18.3. The Hall–Kier alpha value is -3.39. The minimum atomic E-state index is -0.897. The van der Waals surface area contributed by atoms with Gasteiger partial charge in [-0.1, -0.05) is 36.4 Å². The van der Waals surface area contributed by atoms with Crippen LogP contribution in [0.2, 0.25) is 0 Å². The summed E-state index contributed by atoms with van der Waals surface area (Å²) in [5.74, 6) is -0.508. The first-order chi connectivity index (χ1) is 15.2. The summed E-state index contributed by atoms with van der Waals surface area (Å²) in [6.07, 6.45) is 1.52. The first-order valence-electron chi connectivity index (χ1n) is 10.2. The van der Waals surface area contributed by atoms with Gasteiger partial charge < -0.3 is 20.0 Å². The number of carbonyl (C=O) groups excluding carboxylic acids is 3. The van der Waals surface area contributed by atoms with E-state index in [4.69, 9.17) is 4.42 Å². The van der Waals surface area contributed by atoms with Crippen molar-refractivity contribution in [3.05, 3.63) is 82.4 Å². The second-order valence-electron chi connectivity index (χ2n) is 8.31. The average molecular weight is 454 g/mol. The highest BCUT2D eigenvalue weighted by Crippen LogP contribution is 2.25. The van der Waals surface area contributed by atoms with E-state index in [1.165, 1.54) is 22.5 Å². The van der Waals surface area contributed by atoms with E-state index in [2.05, 4.69) is 10.6 Å². The molecular formula is C24H27N3O4S. The molecule has 168 valence electrons. The first-order valence-corrected chi connectivity index (χ1v) is 11.1. The summed E-state index contributed by atoms with van der Waals surface area (Å²) < 4.78 is 5.45. The van der Waals surface area contributed by atoms with Crippen LogP contribution in [0.3, 0.4) is 0 Å². The minimum Gasteiger partial charge on any atom is -0.467 e. The van der Waals surface area contributed by atoms with Gasteiger partial charge in [0, 0.05) is 5.54 Å². The zero-order chi connectivity index (χ0) is 23.1. The van der Waals surface area contributed by atoms with E-state index >= 15 is 0 Å². The van der Waals surface area contributed by atoms with E-state index in [9.17, 15) is 14.4 Å². The molecule has 3 aromatic rings. The van der Waals surface area contributed by atoms with E-state index < -0.39 is 17.5 Å². The van der Waals surface area contributed by atoms with Crippen LogP contribution >= 0.6 is 11.3 Å². The largest absolute Gasteiger partial charge is 0.467 e. The zero-order valence-corrected chi connectivity index (χ0v) is 19.1. The summed E-state index contributed by atoms with van der Waals surface area (Å²) in [6.45, 7) is 5.48. The summed E-state index contributed by atoms with van der Waals surface area (Å²) in [4.78, 5) is 40.9. The maximum Gasteiger partial charge on any atom is 0.261 e. The molecule has 0 saturated carbocycles. The van der Waals surface area contributed by atoms with Crippen molar-refractivity contribution in [1.29, 1.82) is 0 Å². The van der Waals surface area contributed by atoms with Gasteiger partial charge >= 0.3 is 0 Å². The van der Waals surface area contributed by atoms with E-state index in [1.54, 1.807) is 41.8 Å². The average Bonchev–Trinajstić information content (AvgIpc) is 3.45. The number of hydrogen-bond acceptors (Lipinski definition) is 5. The molecule has 7 nitrogen and oxygen atoms in total. The fraction of sp³-hybridized carbons (Fsp3) is 0.292. The van der Waals surface area contributed by atoms with Gasteiger partial charge in [-0.05, 0) is 49.9 Å². The maximum atomic E-state index is 13.3. The predicted molar refractivity (Wildman–Crippen MR) is 123 cm³/mol. The van der Waals surface area contributed by atoms with Gasteiger partial charge in [0.2, 0.25) is 11.8 Å². The number of amides is 3. The van der Waals surface area contributed by atoms with Gasteiger partial charge in [-0.15, -0.1) is 11.3 Å². The molecule has 2 N–H and O–H groups in total. The van der Waals surface area contributed by atoms with Crippen LogP contribution in [0.4, 0.5) is 0 Å². The first kappa shape index (κ1) is 23.3. The summed E-state index contributed by atoms with van der Waals surface area (Å²) in [5, 5.41) is 7.42. The number of nitrogens with zero attached hydrogens (tertiary/aromatic N) is 1. The van der Waals surface area contributed by atoms with Gasteiger partial charge in [0.1, 0.15) is 11.8 Å². The van der Waals surface area contributed by atoms with Gasteiger partial charge in [-0.25, -0.2) is 0 Å². The molecule has 2 heterocycles. The quantitative estimate of drug-likeness (QED) is 0.543. The standard InChI is InChI=1S/C24H27N3O4S/c1-24(2,3)26-23(30)21(17-9-5-4-6-10-17)27(16-18-11-7-13-31-18)20(28)15-25-22(29)19-12-8-14-32-19/h4-14,21H,15-16H2,1-3H3,(H,25,29)(H,26,30)/t21-/m1/s1. The van der Waals surface area contributed by atoms with Crippen molar-refractivity contribution in [2.24, 2.45) is 0 Å². The molecule has 0 unspecified atom stereocenters. The molecule has 3 amide bonds. The normalized spacial score (nSPS) is 12.1. The Morgan fingerprint density at radius 3 is 2.38 bits per heavy atom. The molecule has 0 bridgehead atoms. The molecule has 32 heavy (non-hydrogen) atoms. The highest BCUT2D eigenvalue weighted by Gasteiger charge is 2.33. The van der Waals surface area contributed by atoms with Gasteiger partial charge in [0.25, 0.3) is 5.91 Å². The van der Waals surface area contributed by atoms with Gasteiger partial charge in [0.05, 0.1) is 24.2 Å². The molecule has 1 aromatic carbocycles. The maximum absolute atomic E-state index is 13.3. The number of furan rings is 1. The molecule has 8 heteroatoms. The molecule has 3 rings (SSSR count). The molecule has 0 radical (unpaired) electrons. The van der Waals surface area contributed by atoms with E-state index in [1.807, 2.05) is 39.0 Å². The fourth-order valence-electron chi connectivity index (χ4n) is 3.19. The van der Waals surface area contributed by atoms with Crippen molar-refractivity contribution in [3.8, 4) is 0 Å². The van der Waals surface area contributed by atoms with Gasteiger partial charge in [0.15, 0.2) is 0 Å². The molecular weight excluding hydrogens is 426 g/mol. The van der Waals surface area contributed by atoms with Crippen LogP contribution in [-0.2, 0) is 16.1 Å². The topological polar surface area (TPSA) is 91.7 Å². The highest BCUT2D eigenvalue weighted by atomic mass is 32.1. The lowest BCUT2D eigenvalue weighted by atomic mass is 10.0. The van der Waals surface area contributed by atoms with Crippen LogP contribution in [0.25, 0.3) is 0 Å². The number of thiophene rings is 1. The molecule has 2 aromatic heterocycles. The Kier molecular flexibility index (Phi) is 7.48. The molecule has 0 aliphatic rings. The van der Waals surface area contributed by atoms with Crippen molar-refractivity contribution < 1.29 is 18.8 Å². The van der Waals surface area contributed by atoms with Crippen molar-refractivity contribution in [3.63, 3.8) is 0 Å². The Balaban J connectivity index is 1.89. The Bertz CT molecular complexity index is 1030. The summed E-state index contributed by atoms with van der Waals surface area (Å²) in [5.41, 5.74) is 0.176. The van der Waals surface area contributed by atoms with Crippen molar-refractivity contribution in [1.82, 2.24) is 15.5 Å². The third-order valence-electron chi connectivity index (χ3n) is 4.55. The Labute approximate surface area is 191 Å². The number of benzene rings is 1. The third-order valence-corrected chi connectivity index (χ3v) is 5.41. The van der Waals surface area contributed by atoms with Crippen LogP contribution < -0.4 is 10.6 Å². The molecule has 0 saturated heterocycles. The van der Waals surface area contributed by atoms with Crippen LogP contribution in [0, 0.1) is 0 Å². The van der Waals surface area contributed by atoms with E-state index in [0.29, 0.717) is 16.2 Å². The summed E-state index contributed by atoms with van der Waals surface area (Å²) in [6, 6.07) is 15.1. The molecule has 0 spiro atoms. The number of nitrogens with one attached hydrogen (secondary N) is 2. The second-order valence-corrected chi connectivity index (χ2v) is 9.26. The Morgan fingerprint density at radius 1 is 1.03 bits per heavy atom. The third kappa shape index (κ3) is 6.31. The van der Waals surface area contributed by atoms with E-state index in [0.717, 1.165) is 0 Å². The SMILES string of the molecule is CC(C)(C)NC(=O)[C@@H](c1ccccc1)N(Cc1ccco1)C(=O)CNC(=O)c1cccs1. The van der Waals surface area contributed by atoms with Gasteiger partial charge in [-0.3, -0.25) is 14.4 Å². The van der Waals surface area contributed by atoms with E-state index in [-0.39, 0.29) is 24.9 Å². The highest BCUT2D eigenvalue weighted by molar-refractivity contribution is 7.12. The van der Waals surface area contributed by atoms with Crippen molar-refractivity contribution in [2.45, 2.75) is 38.9 Å². The van der Waals surface area contributed by atoms with Gasteiger partial charge in [-0.2, -0.15) is 0 Å². The number of rotatable bonds is 8. The number of hydrogen-bond donors (Lipinski definition) is 2. The van der Waals surface area contributed by atoms with Crippen LogP contribution in [0.1, 0.15) is 47.8 Å². The Morgan fingerprint density at radius 2 is 1.78 bits per heavy atom.